The van der Waals surface area contributed by atoms with Gasteiger partial charge >= 0.3 is 6.18 Å². The minimum absolute atomic E-state index is 0.307. The number of Topliss-reactive ketones (excluding diaryl/α,β-unsaturated/α-hetero) is 1. The lowest BCUT2D eigenvalue weighted by molar-refractivity contribution is -0.384. The van der Waals surface area contributed by atoms with Gasteiger partial charge < -0.3 is 5.73 Å². The summed E-state index contributed by atoms with van der Waals surface area (Å²) in [6, 6.07) is 0.812. The first-order valence-corrected chi connectivity index (χ1v) is 4.30. The van der Waals surface area contributed by atoms with E-state index in [4.69, 9.17) is 5.73 Å². The third kappa shape index (κ3) is 2.52. The molecule has 1 rings (SSSR count). The largest absolute Gasteiger partial charge is 0.416 e. The van der Waals surface area contributed by atoms with Crippen molar-refractivity contribution in [1.29, 1.82) is 0 Å². The second-order valence-corrected chi connectivity index (χ2v) is 3.27. The molecule has 0 radical (unpaired) electrons. The third-order valence-electron chi connectivity index (χ3n) is 2.06. The van der Waals surface area contributed by atoms with Gasteiger partial charge in [0.05, 0.1) is 10.5 Å². The van der Waals surface area contributed by atoms with Crippen LogP contribution in [0.1, 0.15) is 22.8 Å². The van der Waals surface area contributed by atoms with Gasteiger partial charge in [0, 0.05) is 11.6 Å². The van der Waals surface area contributed by atoms with Crippen LogP contribution in [0.15, 0.2) is 12.1 Å². The van der Waals surface area contributed by atoms with Crippen LogP contribution in [0, 0.1) is 10.1 Å². The number of hydrogen-bond donors (Lipinski definition) is 1. The van der Waals surface area contributed by atoms with Crippen molar-refractivity contribution in [1.82, 2.24) is 0 Å². The van der Waals surface area contributed by atoms with Crippen LogP contribution in [0.4, 0.5) is 24.5 Å². The summed E-state index contributed by atoms with van der Waals surface area (Å²) in [7, 11) is 0. The number of benzene rings is 1. The summed E-state index contributed by atoms with van der Waals surface area (Å²) in [5, 5.41) is 10.5. The van der Waals surface area contributed by atoms with Crippen molar-refractivity contribution < 1.29 is 22.9 Å². The summed E-state index contributed by atoms with van der Waals surface area (Å²) in [5.41, 5.74) is 2.00. The zero-order valence-corrected chi connectivity index (χ0v) is 8.54. The second kappa shape index (κ2) is 4.04. The number of halogens is 3. The molecule has 0 atom stereocenters. The van der Waals surface area contributed by atoms with Crippen LogP contribution in [0.2, 0.25) is 0 Å². The Hall–Kier alpha value is -2.12. The van der Waals surface area contributed by atoms with Crippen molar-refractivity contribution in [2.45, 2.75) is 13.1 Å². The van der Waals surface area contributed by atoms with Gasteiger partial charge in [-0.3, -0.25) is 14.9 Å². The molecule has 92 valence electrons. The van der Waals surface area contributed by atoms with E-state index in [0.717, 1.165) is 6.92 Å². The summed E-state index contributed by atoms with van der Waals surface area (Å²) < 4.78 is 37.3. The highest BCUT2D eigenvalue weighted by atomic mass is 19.4. The average molecular weight is 248 g/mol. The molecule has 0 amide bonds. The first kappa shape index (κ1) is 12.9. The Morgan fingerprint density at radius 2 is 1.94 bits per heavy atom. The van der Waals surface area contributed by atoms with Crippen LogP contribution in [-0.4, -0.2) is 10.7 Å². The fourth-order valence-electron chi connectivity index (χ4n) is 1.24. The molecule has 17 heavy (non-hydrogen) atoms. The van der Waals surface area contributed by atoms with Gasteiger partial charge in [-0.25, -0.2) is 0 Å². The number of carbonyl (C=O) groups is 1. The lowest BCUT2D eigenvalue weighted by Crippen LogP contribution is -2.11. The van der Waals surface area contributed by atoms with Gasteiger partial charge in [0.25, 0.3) is 5.69 Å². The highest BCUT2D eigenvalue weighted by molar-refractivity contribution is 6.01. The molecule has 2 N–H and O–H groups in total. The predicted octanol–water partition coefficient (Wildman–Crippen LogP) is 2.40. The van der Waals surface area contributed by atoms with Crippen molar-refractivity contribution in [3.8, 4) is 0 Å². The minimum atomic E-state index is -4.78. The molecule has 0 spiro atoms. The Morgan fingerprint density at radius 1 is 1.41 bits per heavy atom. The van der Waals surface area contributed by atoms with Gasteiger partial charge in [0.2, 0.25) is 0 Å². The number of rotatable bonds is 2. The van der Waals surface area contributed by atoms with Crippen LogP contribution < -0.4 is 5.73 Å². The summed E-state index contributed by atoms with van der Waals surface area (Å²) in [5.74, 6) is -0.767. The van der Waals surface area contributed by atoms with Crippen molar-refractivity contribution in [3.63, 3.8) is 0 Å². The number of carbonyl (C=O) groups excluding carboxylic acids is 1. The van der Waals surface area contributed by atoms with Gasteiger partial charge in [-0.05, 0) is 13.0 Å². The summed E-state index contributed by atoms with van der Waals surface area (Å²) in [4.78, 5) is 20.5. The SMILES string of the molecule is CC(=O)c1cc(C(F)(F)F)cc([N+](=O)[O-])c1N. The lowest BCUT2D eigenvalue weighted by atomic mass is 10.0. The molecule has 5 nitrogen and oxygen atoms in total. The van der Waals surface area contributed by atoms with Crippen molar-refractivity contribution in [3.05, 3.63) is 33.4 Å². The molecule has 0 heterocycles. The standard InChI is InChI=1S/C9H7F3N2O3/c1-4(15)6-2-5(9(10,11)12)3-7(8(6)13)14(16)17/h2-3H,13H2,1H3. The molecule has 1 aromatic rings. The fourth-order valence-corrected chi connectivity index (χ4v) is 1.24. The van der Waals surface area contributed by atoms with Crippen LogP contribution >= 0.6 is 0 Å². The summed E-state index contributed by atoms with van der Waals surface area (Å²) in [6.07, 6.45) is -4.78. The third-order valence-corrected chi connectivity index (χ3v) is 2.06. The molecule has 0 bridgehead atoms. The molecule has 0 aromatic heterocycles. The maximum Gasteiger partial charge on any atom is 0.416 e. The number of ketones is 1. The van der Waals surface area contributed by atoms with E-state index >= 15 is 0 Å². The molecule has 0 aliphatic carbocycles. The van der Waals surface area contributed by atoms with E-state index in [0.29, 0.717) is 12.1 Å². The molecular weight excluding hydrogens is 241 g/mol. The number of nitrogen functional groups attached to an aromatic ring is 1. The van der Waals surface area contributed by atoms with E-state index in [1.807, 2.05) is 0 Å². The van der Waals surface area contributed by atoms with Crippen LogP contribution in [0.5, 0.6) is 0 Å². The number of nitrogens with two attached hydrogens (primary N) is 1. The van der Waals surface area contributed by atoms with E-state index < -0.39 is 39.4 Å². The average Bonchev–Trinajstić information content (AvgIpc) is 2.14. The highest BCUT2D eigenvalue weighted by Crippen LogP contribution is 2.36. The van der Waals surface area contributed by atoms with E-state index in [2.05, 4.69) is 0 Å². The smallest absolute Gasteiger partial charge is 0.393 e. The van der Waals surface area contributed by atoms with E-state index in [1.54, 1.807) is 0 Å². The van der Waals surface area contributed by atoms with Crippen LogP contribution in [0.3, 0.4) is 0 Å². The Kier molecular flexibility index (Phi) is 3.08. The molecule has 0 aliphatic heterocycles. The minimum Gasteiger partial charge on any atom is -0.393 e. The number of alkyl halides is 3. The molecule has 0 unspecified atom stereocenters. The molecular formula is C9H7F3N2O3. The van der Waals surface area contributed by atoms with Crippen LogP contribution in [-0.2, 0) is 6.18 Å². The van der Waals surface area contributed by atoms with Crippen molar-refractivity contribution >= 4 is 17.2 Å². The van der Waals surface area contributed by atoms with Crippen molar-refractivity contribution in [2.75, 3.05) is 5.73 Å². The van der Waals surface area contributed by atoms with Gasteiger partial charge in [0.15, 0.2) is 5.78 Å². The number of nitro benzene ring substituents is 1. The lowest BCUT2D eigenvalue weighted by Gasteiger charge is -2.10. The Morgan fingerprint density at radius 3 is 2.29 bits per heavy atom. The van der Waals surface area contributed by atoms with Crippen LogP contribution in [0.25, 0.3) is 0 Å². The Labute approximate surface area is 93.2 Å². The van der Waals surface area contributed by atoms with Crippen molar-refractivity contribution in [2.24, 2.45) is 0 Å². The molecule has 0 aliphatic rings. The first-order chi connectivity index (χ1) is 7.64. The Balaban J connectivity index is 3.59. The van der Waals surface area contributed by atoms with Gasteiger partial charge in [-0.15, -0.1) is 0 Å². The quantitative estimate of drug-likeness (QED) is 0.377. The topological polar surface area (TPSA) is 86.2 Å². The molecule has 8 heteroatoms. The molecule has 1 aromatic carbocycles. The Bertz CT molecular complexity index is 462. The number of hydrogen-bond acceptors (Lipinski definition) is 4. The molecule has 0 saturated heterocycles. The van der Waals surface area contributed by atoms with E-state index in [1.165, 1.54) is 0 Å². The zero-order chi connectivity index (χ0) is 13.4. The van der Waals surface area contributed by atoms with E-state index in [-0.39, 0.29) is 0 Å². The maximum atomic E-state index is 12.4. The maximum absolute atomic E-state index is 12.4. The number of nitro groups is 1. The number of anilines is 1. The fraction of sp³-hybridized carbons (Fsp3) is 0.222. The second-order valence-electron chi connectivity index (χ2n) is 3.27. The zero-order valence-electron chi connectivity index (χ0n) is 8.54. The van der Waals surface area contributed by atoms with Gasteiger partial charge in [-0.1, -0.05) is 0 Å². The predicted molar refractivity (Wildman–Crippen MR) is 52.5 cm³/mol. The normalized spacial score (nSPS) is 11.3. The molecule has 0 fully saturated rings. The first-order valence-electron chi connectivity index (χ1n) is 4.30. The highest BCUT2D eigenvalue weighted by Gasteiger charge is 2.34. The van der Waals surface area contributed by atoms with Gasteiger partial charge in [0.1, 0.15) is 5.69 Å². The summed E-state index contributed by atoms with van der Waals surface area (Å²) >= 11 is 0. The van der Waals surface area contributed by atoms with E-state index in [9.17, 15) is 28.1 Å². The van der Waals surface area contributed by atoms with Gasteiger partial charge in [-0.2, -0.15) is 13.2 Å². The number of nitrogens with zero attached hydrogens (tertiary/aromatic N) is 1. The summed E-state index contributed by atoms with van der Waals surface area (Å²) in [6.45, 7) is 0.982. The molecule has 0 saturated carbocycles. The monoisotopic (exact) mass is 248 g/mol.